The lowest BCUT2D eigenvalue weighted by Crippen LogP contribution is -2.38. The van der Waals surface area contributed by atoms with Crippen LogP contribution in [0.25, 0.3) is 0 Å². The monoisotopic (exact) mass is 938 g/mol. The van der Waals surface area contributed by atoms with Gasteiger partial charge in [0.15, 0.2) is 11.6 Å². The minimum atomic E-state index is -1.65. The van der Waals surface area contributed by atoms with Gasteiger partial charge < -0.3 is 29.2 Å². The van der Waals surface area contributed by atoms with E-state index < -0.39 is 106 Å². The summed E-state index contributed by atoms with van der Waals surface area (Å²) in [5.74, 6) is -12.9. The fourth-order valence-electron chi connectivity index (χ4n) is 7.99. The van der Waals surface area contributed by atoms with Crippen LogP contribution in [0.5, 0.6) is 0 Å². The molecule has 346 valence electrons. The Hall–Kier alpha value is -9.18. The Kier molecular flexibility index (Phi) is 13.2. The second-order valence-corrected chi connectivity index (χ2v) is 16.1. The summed E-state index contributed by atoms with van der Waals surface area (Å²) in [6.07, 6.45) is -3.63. The summed E-state index contributed by atoms with van der Waals surface area (Å²) in [6, 6.07) is 30.5. The van der Waals surface area contributed by atoms with Gasteiger partial charge in [-0.05, 0) is 98.2 Å². The number of fused-ring (bicyclic) bond motifs is 2. The Morgan fingerprint density at radius 1 is 0.429 bits per heavy atom. The molecular formula is C54H34O16. The van der Waals surface area contributed by atoms with Gasteiger partial charge in [-0.1, -0.05) is 84.9 Å². The average Bonchev–Trinajstić information content (AvgIpc) is 3.82. The third-order valence-electron chi connectivity index (χ3n) is 11.6. The van der Waals surface area contributed by atoms with Crippen molar-refractivity contribution in [3.63, 3.8) is 0 Å². The molecule has 2 aliphatic heterocycles. The lowest BCUT2D eigenvalue weighted by Gasteiger charge is -2.31. The number of carbonyl (C=O) groups is 10. The SMILES string of the molecule is [CH]C(CC(OC(=O)c1ccc(C(=O)c2ccc3c(c2)C(=O)OC3=O)cc1C(=O)O)C(CC([CH])c1ccccc1)OC(=O)c1ccc(C(=O)c2ccc3c(c2)C(=O)OC3=O)cc1C(=O)O)c1ccccc1. The predicted molar refractivity (Wildman–Crippen MR) is 241 cm³/mol. The van der Waals surface area contributed by atoms with E-state index in [9.17, 15) is 58.2 Å². The molecule has 16 nitrogen and oxygen atoms in total. The topological polar surface area (TPSA) is 248 Å². The van der Waals surface area contributed by atoms with Crippen molar-refractivity contribution in [2.75, 3.05) is 0 Å². The van der Waals surface area contributed by atoms with E-state index in [0.717, 1.165) is 48.5 Å². The van der Waals surface area contributed by atoms with E-state index in [0.29, 0.717) is 11.1 Å². The summed E-state index contributed by atoms with van der Waals surface area (Å²) >= 11 is 0. The molecule has 2 aliphatic rings. The Labute approximate surface area is 397 Å². The summed E-state index contributed by atoms with van der Waals surface area (Å²) < 4.78 is 21.3. The molecule has 70 heavy (non-hydrogen) atoms. The molecule has 6 aromatic carbocycles. The first-order chi connectivity index (χ1) is 33.5. The van der Waals surface area contributed by atoms with Gasteiger partial charge in [0, 0.05) is 22.3 Å². The summed E-state index contributed by atoms with van der Waals surface area (Å²) in [5.41, 5.74) is -2.39. The molecule has 0 saturated heterocycles. The number of hydrogen-bond donors (Lipinski definition) is 2. The lowest BCUT2D eigenvalue weighted by molar-refractivity contribution is -0.0433. The van der Waals surface area contributed by atoms with Gasteiger partial charge in [-0.2, -0.15) is 0 Å². The quantitative estimate of drug-likeness (QED) is 0.0385. The van der Waals surface area contributed by atoms with E-state index in [2.05, 4.69) is 9.47 Å². The fraction of sp³-hybridized carbons (Fsp3) is 0.111. The van der Waals surface area contributed by atoms with Crippen LogP contribution in [0.4, 0.5) is 0 Å². The number of ketones is 2. The molecule has 6 aromatic rings. The van der Waals surface area contributed by atoms with Gasteiger partial charge in [0.1, 0.15) is 12.2 Å². The van der Waals surface area contributed by atoms with Gasteiger partial charge in [0.25, 0.3) is 0 Å². The zero-order valence-electron chi connectivity index (χ0n) is 36.2. The van der Waals surface area contributed by atoms with Gasteiger partial charge in [-0.3, -0.25) is 9.59 Å². The molecule has 2 heterocycles. The van der Waals surface area contributed by atoms with Crippen molar-refractivity contribution < 1.29 is 77.1 Å². The van der Waals surface area contributed by atoms with Gasteiger partial charge in [-0.25, -0.2) is 38.4 Å². The molecule has 16 heteroatoms. The predicted octanol–water partition coefficient (Wildman–Crippen LogP) is 7.69. The van der Waals surface area contributed by atoms with Gasteiger partial charge in [-0.15, -0.1) is 0 Å². The van der Waals surface area contributed by atoms with E-state index in [1.54, 1.807) is 60.7 Å². The molecule has 0 saturated carbocycles. The summed E-state index contributed by atoms with van der Waals surface area (Å²) in [5, 5.41) is 20.7. The molecule has 0 aromatic heterocycles. The van der Waals surface area contributed by atoms with Crippen molar-refractivity contribution in [2.24, 2.45) is 0 Å². The van der Waals surface area contributed by atoms with Crippen LogP contribution in [0.1, 0.15) is 151 Å². The van der Waals surface area contributed by atoms with E-state index in [1.807, 2.05) is 0 Å². The number of carboxylic acids is 2. The highest BCUT2D eigenvalue weighted by molar-refractivity contribution is 6.19. The van der Waals surface area contributed by atoms with Crippen LogP contribution in [-0.4, -0.2) is 81.7 Å². The first-order valence-electron chi connectivity index (χ1n) is 21.2. The number of carboxylic acid groups (broad SMARTS) is 2. The van der Waals surface area contributed by atoms with Crippen LogP contribution in [0.15, 0.2) is 133 Å². The Balaban J connectivity index is 1.13. The number of carbonyl (C=O) groups excluding carboxylic acids is 8. The fourth-order valence-corrected chi connectivity index (χ4v) is 7.99. The number of esters is 6. The molecule has 8 rings (SSSR count). The maximum absolute atomic E-state index is 14.3. The normalized spacial score (nSPS) is 14.3. The zero-order valence-corrected chi connectivity index (χ0v) is 36.2. The number of rotatable bonds is 17. The Bertz CT molecular complexity index is 2990. The molecule has 2 N–H and O–H groups in total. The Morgan fingerprint density at radius 3 is 1.11 bits per heavy atom. The molecule has 4 unspecified atom stereocenters. The molecule has 0 fully saturated rings. The van der Waals surface area contributed by atoms with Crippen molar-refractivity contribution in [1.82, 2.24) is 0 Å². The first-order valence-corrected chi connectivity index (χ1v) is 21.2. The minimum Gasteiger partial charge on any atom is -0.478 e. The summed E-state index contributed by atoms with van der Waals surface area (Å²) in [4.78, 5) is 130. The van der Waals surface area contributed by atoms with E-state index in [1.165, 1.54) is 24.3 Å². The van der Waals surface area contributed by atoms with E-state index in [-0.39, 0.29) is 57.3 Å². The van der Waals surface area contributed by atoms with Gasteiger partial charge in [0.05, 0.1) is 44.5 Å². The number of aromatic carboxylic acids is 2. The van der Waals surface area contributed by atoms with E-state index >= 15 is 0 Å². The highest BCUT2D eigenvalue weighted by atomic mass is 16.6. The van der Waals surface area contributed by atoms with Crippen LogP contribution in [0, 0.1) is 13.8 Å². The Morgan fingerprint density at radius 2 is 0.757 bits per heavy atom. The number of benzene rings is 6. The second-order valence-electron chi connectivity index (χ2n) is 16.1. The molecule has 0 spiro atoms. The number of cyclic esters (lactones) is 4. The molecule has 0 aliphatic carbocycles. The maximum atomic E-state index is 14.3. The van der Waals surface area contributed by atoms with Gasteiger partial charge in [0.2, 0.25) is 0 Å². The summed E-state index contributed by atoms with van der Waals surface area (Å²) in [7, 11) is 0. The molecule has 4 radical (unpaired) electrons. The number of hydrogen-bond acceptors (Lipinski definition) is 14. The standard InChI is InChI=1S/C54H34O16/c1-27(29-9-5-3-6-10-29)21-43(67-49(61)35-17-13-31(23-39(35)47(57)58)45(55)33-15-19-37-41(25-33)53(65)69-51(37)63)44(22-28(2)30-11-7-4-8-12-30)68-50(62)36-18-14-32(24-40(36)48(59)60)46(56)34-16-20-38-42(26-34)54(66)70-52(38)64/h1-20,23-28,43-44H,21-22H2,(H,57,58)(H,59,60). The zero-order chi connectivity index (χ0) is 50.0. The average molecular weight is 939 g/mol. The van der Waals surface area contributed by atoms with Crippen LogP contribution < -0.4 is 0 Å². The molecular weight excluding hydrogens is 905 g/mol. The smallest absolute Gasteiger partial charge is 0.346 e. The summed E-state index contributed by atoms with van der Waals surface area (Å²) in [6.45, 7) is 13.4. The van der Waals surface area contributed by atoms with Crippen molar-refractivity contribution >= 4 is 59.3 Å². The van der Waals surface area contributed by atoms with Crippen LogP contribution in [0.2, 0.25) is 0 Å². The maximum Gasteiger partial charge on any atom is 0.346 e. The van der Waals surface area contributed by atoms with Crippen molar-refractivity contribution in [2.45, 2.75) is 36.9 Å². The third kappa shape index (κ3) is 9.64. The van der Waals surface area contributed by atoms with Crippen molar-refractivity contribution in [3.8, 4) is 0 Å². The lowest BCUT2D eigenvalue weighted by atomic mass is 9.88. The molecule has 0 amide bonds. The van der Waals surface area contributed by atoms with Crippen LogP contribution in [0.3, 0.4) is 0 Å². The highest BCUT2D eigenvalue weighted by Crippen LogP contribution is 2.32. The van der Waals surface area contributed by atoms with Crippen LogP contribution in [-0.2, 0) is 18.9 Å². The van der Waals surface area contributed by atoms with E-state index in [4.69, 9.17) is 23.3 Å². The second kappa shape index (κ2) is 19.6. The first kappa shape index (κ1) is 47.3. The molecule has 0 bridgehead atoms. The highest BCUT2D eigenvalue weighted by Gasteiger charge is 2.37. The van der Waals surface area contributed by atoms with Gasteiger partial charge >= 0.3 is 47.8 Å². The van der Waals surface area contributed by atoms with Crippen molar-refractivity contribution in [3.05, 3.63) is 225 Å². The third-order valence-corrected chi connectivity index (χ3v) is 11.6. The van der Waals surface area contributed by atoms with Crippen molar-refractivity contribution in [1.29, 1.82) is 0 Å². The number of ether oxygens (including phenoxy) is 4. The van der Waals surface area contributed by atoms with Crippen LogP contribution >= 0.6 is 0 Å². The molecule has 4 atom stereocenters. The largest absolute Gasteiger partial charge is 0.478 e. The minimum absolute atomic E-state index is 0.0583.